The summed E-state index contributed by atoms with van der Waals surface area (Å²) in [4.78, 5) is 13.9. The molecule has 1 aromatic carbocycles. The molecule has 0 aliphatic carbocycles. The molecule has 4 nitrogen and oxygen atoms in total. The van der Waals surface area contributed by atoms with E-state index in [1.807, 2.05) is 25.1 Å². The Morgan fingerprint density at radius 2 is 2.24 bits per heavy atom. The Hall–Kier alpha value is -1.07. The van der Waals surface area contributed by atoms with Gasteiger partial charge in [-0.25, -0.2) is 4.79 Å². The molecule has 0 saturated heterocycles. The van der Waals surface area contributed by atoms with Crippen molar-refractivity contribution in [3.63, 3.8) is 0 Å². The van der Waals surface area contributed by atoms with Gasteiger partial charge in [-0.15, -0.1) is 0 Å². The summed E-state index contributed by atoms with van der Waals surface area (Å²) in [5, 5.41) is 3.71. The van der Waals surface area contributed by atoms with Gasteiger partial charge in [0.2, 0.25) is 0 Å². The lowest BCUT2D eigenvalue weighted by Gasteiger charge is -2.29. The summed E-state index contributed by atoms with van der Waals surface area (Å²) in [6.07, 6.45) is 3.28. The highest BCUT2D eigenvalue weighted by atomic mass is 35.5. The molecule has 1 N–H and O–H groups in total. The van der Waals surface area contributed by atoms with Crippen LogP contribution in [-0.2, 0) is 23.8 Å². The van der Waals surface area contributed by atoms with Gasteiger partial charge in [-0.1, -0.05) is 24.6 Å². The number of halogens is 1. The first kappa shape index (κ1) is 16.3. The molecular formula is C15H21ClN2O2S. The lowest BCUT2D eigenvalue weighted by atomic mass is 10.0. The van der Waals surface area contributed by atoms with Crippen molar-refractivity contribution in [2.75, 3.05) is 19.3 Å². The molecule has 2 amide bonds. The molecule has 116 valence electrons. The number of nitrogens with one attached hydrogen (secondary N) is 1. The molecule has 0 aromatic heterocycles. The van der Waals surface area contributed by atoms with Crippen molar-refractivity contribution >= 4 is 28.4 Å². The number of hydrogen-bond donors (Lipinski definition) is 1. The fourth-order valence-corrected chi connectivity index (χ4v) is 3.00. The quantitative estimate of drug-likeness (QED) is 0.923. The van der Waals surface area contributed by atoms with Crippen molar-refractivity contribution in [1.29, 1.82) is 0 Å². The van der Waals surface area contributed by atoms with Crippen molar-refractivity contribution < 1.29 is 9.00 Å². The van der Waals surface area contributed by atoms with Gasteiger partial charge in [0.05, 0.1) is 0 Å². The molecule has 6 heteroatoms. The van der Waals surface area contributed by atoms with E-state index in [0.29, 0.717) is 18.1 Å². The van der Waals surface area contributed by atoms with E-state index in [1.54, 1.807) is 11.2 Å². The molecule has 2 atom stereocenters. The van der Waals surface area contributed by atoms with Gasteiger partial charge >= 0.3 is 6.03 Å². The Morgan fingerprint density at radius 1 is 1.48 bits per heavy atom. The first-order valence-electron chi connectivity index (χ1n) is 7.09. The highest BCUT2D eigenvalue weighted by Gasteiger charge is 2.20. The Bertz CT molecular complexity index is 550. The molecule has 0 bridgehead atoms. The monoisotopic (exact) mass is 328 g/mol. The second-order valence-corrected chi connectivity index (χ2v) is 7.65. The van der Waals surface area contributed by atoms with Crippen LogP contribution >= 0.6 is 11.6 Å². The number of rotatable bonds is 4. The first-order valence-corrected chi connectivity index (χ1v) is 9.09. The molecule has 1 aliphatic rings. The highest BCUT2D eigenvalue weighted by molar-refractivity contribution is 7.84. The van der Waals surface area contributed by atoms with Gasteiger partial charge in [-0.05, 0) is 36.1 Å². The number of fused-ring (bicyclic) bond motifs is 1. The minimum atomic E-state index is -0.842. The smallest absolute Gasteiger partial charge is 0.317 e. The molecule has 0 unspecified atom stereocenters. The number of carbonyl (C=O) groups excluding carboxylic acids is 1. The Morgan fingerprint density at radius 3 is 2.95 bits per heavy atom. The molecule has 1 heterocycles. The summed E-state index contributed by atoms with van der Waals surface area (Å²) in [7, 11) is -0.842. The third kappa shape index (κ3) is 4.45. The highest BCUT2D eigenvalue weighted by Crippen LogP contribution is 2.22. The zero-order valence-electron chi connectivity index (χ0n) is 12.4. The average molecular weight is 329 g/mol. The van der Waals surface area contributed by atoms with Crippen molar-refractivity contribution in [2.24, 2.45) is 0 Å². The summed E-state index contributed by atoms with van der Waals surface area (Å²) in [5.41, 5.74) is 2.38. The molecule has 21 heavy (non-hydrogen) atoms. The minimum absolute atomic E-state index is 0.0605. The predicted molar refractivity (Wildman–Crippen MR) is 87.1 cm³/mol. The van der Waals surface area contributed by atoms with Gasteiger partial charge in [0.1, 0.15) is 0 Å². The maximum atomic E-state index is 12.2. The van der Waals surface area contributed by atoms with Gasteiger partial charge in [0.25, 0.3) is 0 Å². The largest absolute Gasteiger partial charge is 0.338 e. The number of benzene rings is 1. The topological polar surface area (TPSA) is 49.4 Å². The number of nitrogens with zero attached hydrogens (tertiary/aromatic N) is 1. The summed E-state index contributed by atoms with van der Waals surface area (Å²) < 4.78 is 11.3. The molecule has 0 fully saturated rings. The number of hydrogen-bond acceptors (Lipinski definition) is 2. The van der Waals surface area contributed by atoms with Crippen LogP contribution in [-0.4, -0.2) is 39.7 Å². The molecule has 0 spiro atoms. The summed E-state index contributed by atoms with van der Waals surface area (Å²) in [6.45, 7) is 3.80. The summed E-state index contributed by atoms with van der Waals surface area (Å²) >= 11 is 6.00. The molecule has 0 saturated carbocycles. The zero-order valence-corrected chi connectivity index (χ0v) is 14.0. The van der Waals surface area contributed by atoms with E-state index < -0.39 is 10.8 Å². The molecule has 1 aliphatic heterocycles. The van der Waals surface area contributed by atoms with E-state index in [2.05, 4.69) is 5.32 Å². The molecule has 0 radical (unpaired) electrons. The van der Waals surface area contributed by atoms with Gasteiger partial charge in [-0.2, -0.15) is 0 Å². The van der Waals surface area contributed by atoms with Crippen LogP contribution < -0.4 is 5.32 Å². The van der Waals surface area contributed by atoms with E-state index in [1.165, 1.54) is 5.56 Å². The second-order valence-electron chi connectivity index (χ2n) is 5.41. The SMILES string of the molecule is C[C@@H](CCNC(=O)N1CCc2ccc(Cl)cc2C1)[S@@](C)=O. The minimum Gasteiger partial charge on any atom is -0.338 e. The molecule has 1 aromatic rings. The Labute approximate surface area is 133 Å². The van der Waals surface area contributed by atoms with Crippen LogP contribution in [0.5, 0.6) is 0 Å². The number of carbonyl (C=O) groups is 1. The van der Waals surface area contributed by atoms with Crippen LogP contribution in [0.2, 0.25) is 5.02 Å². The summed E-state index contributed by atoms with van der Waals surface area (Å²) in [5.74, 6) is 0. The molecule has 2 rings (SSSR count). The Kier molecular flexibility index (Phi) is 5.65. The van der Waals surface area contributed by atoms with Crippen LogP contribution in [0.4, 0.5) is 4.79 Å². The van der Waals surface area contributed by atoms with Crippen molar-refractivity contribution in [3.8, 4) is 0 Å². The van der Waals surface area contributed by atoms with Gasteiger partial charge in [0, 0.05) is 47.0 Å². The van der Waals surface area contributed by atoms with E-state index in [-0.39, 0.29) is 11.3 Å². The molecular weight excluding hydrogens is 308 g/mol. The van der Waals surface area contributed by atoms with Crippen LogP contribution in [0, 0.1) is 0 Å². The zero-order chi connectivity index (χ0) is 15.4. The maximum absolute atomic E-state index is 12.2. The fourth-order valence-electron chi connectivity index (χ4n) is 2.36. The third-order valence-electron chi connectivity index (χ3n) is 3.86. The summed E-state index contributed by atoms with van der Waals surface area (Å²) in [6, 6.07) is 5.79. The third-order valence-corrected chi connectivity index (χ3v) is 5.47. The number of urea groups is 1. The first-order chi connectivity index (χ1) is 9.97. The van der Waals surface area contributed by atoms with E-state index in [4.69, 9.17) is 11.6 Å². The Balaban J connectivity index is 1.86. The van der Waals surface area contributed by atoms with Gasteiger partial charge in [-0.3, -0.25) is 4.21 Å². The van der Waals surface area contributed by atoms with Crippen molar-refractivity contribution in [3.05, 3.63) is 34.3 Å². The lowest BCUT2D eigenvalue weighted by Crippen LogP contribution is -2.43. The van der Waals surface area contributed by atoms with Crippen LogP contribution in [0.1, 0.15) is 24.5 Å². The average Bonchev–Trinajstić information content (AvgIpc) is 2.45. The lowest BCUT2D eigenvalue weighted by molar-refractivity contribution is 0.192. The fraction of sp³-hybridized carbons (Fsp3) is 0.533. The van der Waals surface area contributed by atoms with E-state index in [9.17, 15) is 9.00 Å². The maximum Gasteiger partial charge on any atom is 0.317 e. The van der Waals surface area contributed by atoms with E-state index in [0.717, 1.165) is 24.9 Å². The predicted octanol–water partition coefficient (Wildman–Crippen LogP) is 2.56. The van der Waals surface area contributed by atoms with Crippen LogP contribution in [0.3, 0.4) is 0 Å². The second kappa shape index (κ2) is 7.27. The van der Waals surface area contributed by atoms with Gasteiger partial charge < -0.3 is 10.2 Å². The van der Waals surface area contributed by atoms with Crippen molar-refractivity contribution in [2.45, 2.75) is 31.6 Å². The van der Waals surface area contributed by atoms with Crippen LogP contribution in [0.25, 0.3) is 0 Å². The standard InChI is InChI=1S/C15H21ClN2O2S/c1-11(21(2)20)5-7-17-15(19)18-8-6-12-3-4-14(16)9-13(12)10-18/h3-4,9,11H,5-8,10H2,1-2H3,(H,17,19)/t11-,21+/m0/s1. The van der Waals surface area contributed by atoms with E-state index >= 15 is 0 Å². The number of amides is 2. The van der Waals surface area contributed by atoms with Crippen molar-refractivity contribution in [1.82, 2.24) is 10.2 Å². The normalized spacial score (nSPS) is 17.0. The van der Waals surface area contributed by atoms with Crippen LogP contribution in [0.15, 0.2) is 18.2 Å². The van der Waals surface area contributed by atoms with Gasteiger partial charge in [0.15, 0.2) is 0 Å².